The Morgan fingerprint density at radius 3 is 2.76 bits per heavy atom. The highest BCUT2D eigenvalue weighted by Crippen LogP contribution is 2.35. The summed E-state index contributed by atoms with van der Waals surface area (Å²) in [6.07, 6.45) is 1.62. The highest BCUT2D eigenvalue weighted by atomic mass is 16.5. The molecule has 0 saturated heterocycles. The molecule has 29 heavy (non-hydrogen) atoms. The number of para-hydroxylation sites is 2. The van der Waals surface area contributed by atoms with Crippen LogP contribution in [0.5, 0.6) is 0 Å². The van der Waals surface area contributed by atoms with Crippen LogP contribution in [0.3, 0.4) is 0 Å². The highest BCUT2D eigenvalue weighted by Gasteiger charge is 2.36. The number of nitrogens with one attached hydrogen (secondary N) is 1. The maximum absolute atomic E-state index is 12.7. The van der Waals surface area contributed by atoms with E-state index in [4.69, 9.17) is 0 Å². The van der Waals surface area contributed by atoms with Crippen molar-refractivity contribution in [1.29, 1.82) is 0 Å². The van der Waals surface area contributed by atoms with Crippen molar-refractivity contribution in [3.05, 3.63) is 41.4 Å². The molecule has 0 atom stereocenters. The lowest BCUT2D eigenvalue weighted by Gasteiger charge is -2.31. The first kappa shape index (κ1) is 20.8. The lowest BCUT2D eigenvalue weighted by Crippen LogP contribution is -2.33. The second-order valence-corrected chi connectivity index (χ2v) is 8.12. The fourth-order valence-corrected chi connectivity index (χ4v) is 3.62. The van der Waals surface area contributed by atoms with Gasteiger partial charge in [0.15, 0.2) is 5.78 Å². The number of aromatic nitrogens is 2. The molecule has 0 unspecified atom stereocenters. The first-order valence-corrected chi connectivity index (χ1v) is 9.78. The van der Waals surface area contributed by atoms with Gasteiger partial charge >= 0.3 is 5.97 Å². The number of carbonyl (C=O) groups is 2. The molecular weight excluding hydrogens is 370 g/mol. The van der Waals surface area contributed by atoms with Gasteiger partial charge in [-0.15, -0.1) is 0 Å². The molecule has 0 radical (unpaired) electrons. The zero-order chi connectivity index (χ0) is 21.0. The predicted octanol–water partition coefficient (Wildman–Crippen LogP) is 3.70. The second-order valence-electron chi connectivity index (χ2n) is 8.12. The van der Waals surface area contributed by atoms with Gasteiger partial charge in [-0.3, -0.25) is 14.6 Å². The van der Waals surface area contributed by atoms with Gasteiger partial charge in [-0.25, -0.2) is 4.98 Å². The topological polar surface area (TPSA) is 105 Å². The maximum Gasteiger partial charge on any atom is 0.305 e. The van der Waals surface area contributed by atoms with Crippen molar-refractivity contribution in [2.75, 3.05) is 13.7 Å². The number of aromatic amines is 1. The number of H-pyrrole nitrogens is 1. The number of rotatable bonds is 6. The smallest absolute Gasteiger partial charge is 0.305 e. The third-order valence-electron chi connectivity index (χ3n) is 5.02. The van der Waals surface area contributed by atoms with E-state index in [0.29, 0.717) is 31.5 Å². The van der Waals surface area contributed by atoms with Crippen LogP contribution < -0.4 is 0 Å². The van der Waals surface area contributed by atoms with Gasteiger partial charge in [-0.05, 0) is 24.0 Å². The average molecular weight is 397 g/mol. The molecule has 1 aliphatic rings. The number of ether oxygens (including phenoxy) is 1. The number of esters is 1. The molecule has 1 aromatic heterocycles. The van der Waals surface area contributed by atoms with Gasteiger partial charge < -0.3 is 14.8 Å². The van der Waals surface area contributed by atoms with Gasteiger partial charge in [-0.2, -0.15) is 0 Å². The molecular formula is C22H27N3O4. The van der Waals surface area contributed by atoms with E-state index in [1.807, 2.05) is 38.1 Å². The second kappa shape index (κ2) is 8.59. The van der Waals surface area contributed by atoms with Crippen LogP contribution in [-0.2, 0) is 20.7 Å². The monoisotopic (exact) mass is 397 g/mol. The van der Waals surface area contributed by atoms with Crippen LogP contribution in [0.2, 0.25) is 0 Å². The van der Waals surface area contributed by atoms with Crippen LogP contribution in [-0.4, -0.2) is 46.2 Å². The molecule has 1 aromatic carbocycles. The van der Waals surface area contributed by atoms with E-state index in [2.05, 4.69) is 19.7 Å². The molecule has 7 nitrogen and oxygen atoms in total. The normalized spacial score (nSPS) is 19.6. The lowest BCUT2D eigenvalue weighted by molar-refractivity contribution is -0.140. The number of Topliss-reactive ketones (excluding diaryl/α,β-unsaturated/α-hetero) is 1. The third-order valence-corrected chi connectivity index (χ3v) is 5.02. The Hall–Kier alpha value is -2.96. The quantitative estimate of drug-likeness (QED) is 0.439. The van der Waals surface area contributed by atoms with Crippen LogP contribution in [0.25, 0.3) is 11.0 Å². The van der Waals surface area contributed by atoms with Crippen molar-refractivity contribution in [2.24, 2.45) is 10.4 Å². The summed E-state index contributed by atoms with van der Waals surface area (Å²) in [5, 5.41) is 10.5. The van der Waals surface area contributed by atoms with Gasteiger partial charge in [-0.1, -0.05) is 26.0 Å². The largest absolute Gasteiger partial charge is 0.511 e. The first-order chi connectivity index (χ1) is 13.8. The fraction of sp³-hybridized carbons (Fsp3) is 0.455. The van der Waals surface area contributed by atoms with Gasteiger partial charge in [0.1, 0.15) is 11.6 Å². The summed E-state index contributed by atoms with van der Waals surface area (Å²) in [5.41, 5.74) is 2.53. The fourth-order valence-electron chi connectivity index (χ4n) is 3.62. The average Bonchev–Trinajstić information content (AvgIpc) is 3.07. The van der Waals surface area contributed by atoms with Crippen LogP contribution in [0.15, 0.2) is 40.6 Å². The highest BCUT2D eigenvalue weighted by molar-refractivity contribution is 6.24. The Morgan fingerprint density at radius 1 is 1.28 bits per heavy atom. The number of nitrogens with zero attached hydrogens (tertiary/aromatic N) is 2. The van der Waals surface area contributed by atoms with Crippen molar-refractivity contribution >= 4 is 28.5 Å². The minimum Gasteiger partial charge on any atom is -0.511 e. The van der Waals surface area contributed by atoms with Crippen molar-refractivity contribution in [2.45, 2.75) is 46.0 Å². The van der Waals surface area contributed by atoms with E-state index >= 15 is 0 Å². The van der Waals surface area contributed by atoms with E-state index in [-0.39, 0.29) is 35.4 Å². The number of aliphatic hydroxyl groups is 1. The molecule has 1 fully saturated rings. The molecule has 1 saturated carbocycles. The van der Waals surface area contributed by atoms with Gasteiger partial charge in [0, 0.05) is 31.5 Å². The maximum atomic E-state index is 12.7. The predicted molar refractivity (Wildman–Crippen MR) is 111 cm³/mol. The molecule has 3 rings (SSSR count). The molecule has 1 aliphatic carbocycles. The van der Waals surface area contributed by atoms with Crippen molar-refractivity contribution in [1.82, 2.24) is 9.97 Å². The van der Waals surface area contributed by atoms with Crippen LogP contribution in [0.4, 0.5) is 0 Å². The number of allylic oxidation sites excluding steroid dienone is 2. The standard InChI is InChI=1S/C22H27N3O4/c1-22(2)12-16(21(18(27)13-22)17(26)8-9-20(28)29-3)23-11-10-19-24-14-6-4-5-7-15(14)25-19/h4-7,26H,8-13H2,1-3H3,(H,24,25). The number of fused-ring (bicyclic) bond motifs is 1. The van der Waals surface area contributed by atoms with E-state index in [0.717, 1.165) is 16.9 Å². The zero-order valence-corrected chi connectivity index (χ0v) is 17.1. The number of aliphatic hydroxyl groups excluding tert-OH is 1. The number of imidazole rings is 1. The number of hydrogen-bond acceptors (Lipinski definition) is 6. The van der Waals surface area contributed by atoms with Crippen molar-refractivity contribution < 1.29 is 19.4 Å². The number of ketones is 1. The summed E-state index contributed by atoms with van der Waals surface area (Å²) in [6.45, 7) is 4.48. The summed E-state index contributed by atoms with van der Waals surface area (Å²) in [7, 11) is 1.30. The Kier molecular flexibility index (Phi) is 6.15. The van der Waals surface area contributed by atoms with E-state index in [1.165, 1.54) is 7.11 Å². The van der Waals surface area contributed by atoms with Crippen molar-refractivity contribution in [3.63, 3.8) is 0 Å². The molecule has 0 spiro atoms. The summed E-state index contributed by atoms with van der Waals surface area (Å²) in [6, 6.07) is 7.81. The third kappa shape index (κ3) is 5.10. The summed E-state index contributed by atoms with van der Waals surface area (Å²) in [4.78, 5) is 36.5. The summed E-state index contributed by atoms with van der Waals surface area (Å²) in [5.74, 6) is 0.186. The van der Waals surface area contributed by atoms with Crippen molar-refractivity contribution in [3.8, 4) is 0 Å². The van der Waals surface area contributed by atoms with E-state index < -0.39 is 5.97 Å². The van der Waals surface area contributed by atoms with Crippen LogP contribution >= 0.6 is 0 Å². The molecule has 7 heteroatoms. The Bertz CT molecular complexity index is 952. The Balaban J connectivity index is 1.79. The zero-order valence-electron chi connectivity index (χ0n) is 17.1. The summed E-state index contributed by atoms with van der Waals surface area (Å²) < 4.78 is 4.62. The molecule has 1 heterocycles. The Morgan fingerprint density at radius 2 is 2.03 bits per heavy atom. The SMILES string of the molecule is COC(=O)CCC(O)=C1C(=O)CC(C)(C)CC1=NCCc1nc2ccccc2[nH]1. The van der Waals surface area contributed by atoms with E-state index in [9.17, 15) is 14.7 Å². The number of carbonyl (C=O) groups excluding carboxylic acids is 2. The Labute approximate surface area is 169 Å². The number of aliphatic imine (C=N–C) groups is 1. The molecule has 2 aromatic rings. The number of methoxy groups -OCH3 is 1. The minimum atomic E-state index is -0.427. The van der Waals surface area contributed by atoms with Gasteiger partial charge in [0.05, 0.1) is 30.1 Å². The number of hydrogen-bond donors (Lipinski definition) is 2. The van der Waals surface area contributed by atoms with Gasteiger partial charge in [0.25, 0.3) is 0 Å². The minimum absolute atomic E-state index is 0.0226. The lowest BCUT2D eigenvalue weighted by atomic mass is 9.73. The molecule has 2 N–H and O–H groups in total. The first-order valence-electron chi connectivity index (χ1n) is 9.78. The molecule has 0 amide bonds. The number of benzene rings is 1. The van der Waals surface area contributed by atoms with Gasteiger partial charge in [0.2, 0.25) is 0 Å². The molecule has 0 bridgehead atoms. The summed E-state index contributed by atoms with van der Waals surface area (Å²) >= 11 is 0. The molecule has 154 valence electrons. The van der Waals surface area contributed by atoms with Crippen LogP contribution in [0.1, 0.15) is 45.4 Å². The van der Waals surface area contributed by atoms with Crippen LogP contribution in [0, 0.1) is 5.41 Å². The molecule has 0 aliphatic heterocycles. The van der Waals surface area contributed by atoms with E-state index in [1.54, 1.807) is 0 Å².